The van der Waals surface area contributed by atoms with Gasteiger partial charge in [0.15, 0.2) is 0 Å². The lowest BCUT2D eigenvalue weighted by Gasteiger charge is -2.40. The fourth-order valence-corrected chi connectivity index (χ4v) is 4.01. The number of piperidine rings is 1. The van der Waals surface area contributed by atoms with Gasteiger partial charge < -0.3 is 9.64 Å². The van der Waals surface area contributed by atoms with Crippen molar-refractivity contribution < 1.29 is 4.74 Å². The topological polar surface area (TPSA) is 15.7 Å². The molecule has 22 heavy (non-hydrogen) atoms. The summed E-state index contributed by atoms with van der Waals surface area (Å²) >= 11 is 0. The molecule has 0 saturated carbocycles. The second-order valence-corrected chi connectivity index (χ2v) is 7.00. The molecule has 1 aromatic carbocycles. The third-order valence-electron chi connectivity index (χ3n) is 5.16. The molecule has 3 nitrogen and oxygen atoms in total. The Morgan fingerprint density at radius 3 is 2.64 bits per heavy atom. The molecule has 0 amide bonds. The normalized spacial score (nSPS) is 27.0. The zero-order valence-corrected chi connectivity index (χ0v) is 13.9. The fraction of sp³-hybridized carbons (Fsp3) is 0.579. The molecule has 0 aliphatic carbocycles. The predicted molar refractivity (Wildman–Crippen MR) is 92.2 cm³/mol. The molecule has 2 fully saturated rings. The number of hydrogen-bond donors (Lipinski definition) is 0. The van der Waals surface area contributed by atoms with Crippen LogP contribution in [-0.2, 0) is 0 Å². The van der Waals surface area contributed by atoms with E-state index in [4.69, 9.17) is 4.74 Å². The number of methoxy groups -OCH3 is 1. The van der Waals surface area contributed by atoms with Crippen LogP contribution in [0.15, 0.2) is 30.3 Å². The molecule has 0 aromatic heterocycles. The van der Waals surface area contributed by atoms with E-state index in [9.17, 15) is 0 Å². The van der Waals surface area contributed by atoms with Crippen LogP contribution in [0.25, 0.3) is 6.08 Å². The molecule has 2 aliphatic heterocycles. The van der Waals surface area contributed by atoms with E-state index >= 15 is 0 Å². The Morgan fingerprint density at radius 1 is 1.14 bits per heavy atom. The van der Waals surface area contributed by atoms with Gasteiger partial charge in [0, 0.05) is 19.6 Å². The van der Waals surface area contributed by atoms with Crippen molar-refractivity contribution in [1.82, 2.24) is 9.80 Å². The van der Waals surface area contributed by atoms with Crippen LogP contribution in [0.5, 0.6) is 5.75 Å². The number of benzene rings is 1. The molecule has 0 radical (unpaired) electrons. The summed E-state index contributed by atoms with van der Waals surface area (Å²) in [5, 5.41) is 0. The van der Waals surface area contributed by atoms with Crippen molar-refractivity contribution in [2.75, 3.05) is 46.9 Å². The lowest BCUT2D eigenvalue weighted by molar-refractivity contribution is 0.105. The molecule has 2 saturated heterocycles. The third-order valence-corrected chi connectivity index (χ3v) is 5.16. The predicted octanol–water partition coefficient (Wildman–Crippen LogP) is 3.13. The summed E-state index contributed by atoms with van der Waals surface area (Å²) in [6.45, 7) is 6.14. The van der Waals surface area contributed by atoms with Gasteiger partial charge in [0.1, 0.15) is 5.75 Å². The van der Waals surface area contributed by atoms with Crippen molar-refractivity contribution in [3.05, 3.63) is 35.9 Å². The van der Waals surface area contributed by atoms with Crippen molar-refractivity contribution in [3.8, 4) is 5.75 Å². The largest absolute Gasteiger partial charge is 0.497 e. The van der Waals surface area contributed by atoms with Gasteiger partial charge in [-0.05, 0) is 62.5 Å². The van der Waals surface area contributed by atoms with E-state index in [0.29, 0.717) is 5.41 Å². The Labute approximate surface area is 134 Å². The number of rotatable bonds is 4. The molecule has 120 valence electrons. The van der Waals surface area contributed by atoms with Gasteiger partial charge in [0.2, 0.25) is 0 Å². The van der Waals surface area contributed by atoms with Crippen molar-refractivity contribution in [2.45, 2.75) is 19.3 Å². The molecule has 2 heterocycles. The molecule has 0 unspecified atom stereocenters. The van der Waals surface area contributed by atoms with Crippen LogP contribution in [0.4, 0.5) is 0 Å². The maximum absolute atomic E-state index is 5.19. The van der Waals surface area contributed by atoms with E-state index in [1.807, 2.05) is 12.1 Å². The van der Waals surface area contributed by atoms with Gasteiger partial charge in [-0.3, -0.25) is 4.90 Å². The van der Waals surface area contributed by atoms with Crippen molar-refractivity contribution in [2.24, 2.45) is 5.41 Å². The maximum atomic E-state index is 5.19. The van der Waals surface area contributed by atoms with Gasteiger partial charge in [-0.2, -0.15) is 0 Å². The summed E-state index contributed by atoms with van der Waals surface area (Å²) in [5.41, 5.74) is 1.81. The van der Waals surface area contributed by atoms with E-state index in [1.54, 1.807) is 7.11 Å². The third kappa shape index (κ3) is 3.71. The first-order chi connectivity index (χ1) is 10.7. The first-order valence-electron chi connectivity index (χ1n) is 8.41. The van der Waals surface area contributed by atoms with Gasteiger partial charge in [-0.1, -0.05) is 24.3 Å². The van der Waals surface area contributed by atoms with Crippen LogP contribution < -0.4 is 4.74 Å². The molecule has 1 aromatic rings. The van der Waals surface area contributed by atoms with Crippen LogP contribution in [0.3, 0.4) is 0 Å². The van der Waals surface area contributed by atoms with Gasteiger partial charge in [0.05, 0.1) is 7.11 Å². The zero-order valence-electron chi connectivity index (χ0n) is 13.9. The van der Waals surface area contributed by atoms with E-state index in [0.717, 1.165) is 12.3 Å². The first kappa shape index (κ1) is 15.6. The Morgan fingerprint density at radius 2 is 1.95 bits per heavy atom. The second-order valence-electron chi connectivity index (χ2n) is 7.00. The lowest BCUT2D eigenvalue weighted by Crippen LogP contribution is -2.44. The maximum Gasteiger partial charge on any atom is 0.118 e. The lowest BCUT2D eigenvalue weighted by atomic mass is 9.79. The minimum absolute atomic E-state index is 0.570. The van der Waals surface area contributed by atoms with Crippen LogP contribution in [0.2, 0.25) is 0 Å². The summed E-state index contributed by atoms with van der Waals surface area (Å²) in [6, 6.07) is 8.26. The summed E-state index contributed by atoms with van der Waals surface area (Å²) in [6.07, 6.45) is 8.67. The van der Waals surface area contributed by atoms with Gasteiger partial charge in [0.25, 0.3) is 0 Å². The molecule has 3 rings (SSSR count). The number of likely N-dealkylation sites (tertiary alicyclic amines) is 2. The monoisotopic (exact) mass is 300 g/mol. The SMILES string of the molecule is COc1ccc(/C=C/CN2CCC[C@@]3(CCN(C)C3)C2)cc1. The standard InChI is InChI=1S/C19H28N2O/c1-20-14-11-19(15-20)10-4-13-21(16-19)12-3-5-17-6-8-18(22-2)9-7-17/h3,5-9H,4,10-16H2,1-2H3/b5-3+/t19-/m0/s1. The first-order valence-corrected chi connectivity index (χ1v) is 8.41. The van der Waals surface area contributed by atoms with E-state index in [1.165, 1.54) is 51.0 Å². The Hall–Kier alpha value is -1.32. The molecule has 0 N–H and O–H groups in total. The van der Waals surface area contributed by atoms with Crippen molar-refractivity contribution in [1.29, 1.82) is 0 Å². The number of nitrogens with zero attached hydrogens (tertiary/aromatic N) is 2. The molecule has 3 heteroatoms. The van der Waals surface area contributed by atoms with E-state index < -0.39 is 0 Å². The number of hydrogen-bond acceptors (Lipinski definition) is 3. The summed E-state index contributed by atoms with van der Waals surface area (Å²) in [5.74, 6) is 0.917. The molecular weight excluding hydrogens is 272 g/mol. The van der Waals surface area contributed by atoms with Crippen LogP contribution in [0, 0.1) is 5.41 Å². The van der Waals surface area contributed by atoms with Crippen LogP contribution in [-0.4, -0.2) is 56.7 Å². The average Bonchev–Trinajstić information content (AvgIpc) is 2.88. The van der Waals surface area contributed by atoms with Crippen LogP contribution >= 0.6 is 0 Å². The van der Waals surface area contributed by atoms with Crippen LogP contribution in [0.1, 0.15) is 24.8 Å². The molecule has 1 atom stereocenters. The average molecular weight is 300 g/mol. The highest BCUT2D eigenvalue weighted by atomic mass is 16.5. The smallest absolute Gasteiger partial charge is 0.118 e. The summed E-state index contributed by atoms with van der Waals surface area (Å²) in [4.78, 5) is 5.12. The summed E-state index contributed by atoms with van der Waals surface area (Å²) < 4.78 is 5.19. The second kappa shape index (κ2) is 6.84. The van der Waals surface area contributed by atoms with Gasteiger partial charge in [-0.15, -0.1) is 0 Å². The minimum atomic E-state index is 0.570. The Balaban J connectivity index is 1.53. The summed E-state index contributed by atoms with van der Waals surface area (Å²) in [7, 11) is 3.97. The number of ether oxygens (including phenoxy) is 1. The van der Waals surface area contributed by atoms with Crippen molar-refractivity contribution in [3.63, 3.8) is 0 Å². The molecule has 2 aliphatic rings. The molecule has 1 spiro atoms. The fourth-order valence-electron chi connectivity index (χ4n) is 4.01. The Kier molecular flexibility index (Phi) is 4.84. The zero-order chi connectivity index (χ0) is 15.4. The van der Waals surface area contributed by atoms with Gasteiger partial charge >= 0.3 is 0 Å². The quantitative estimate of drug-likeness (QED) is 0.849. The molecular formula is C19H28N2O. The van der Waals surface area contributed by atoms with E-state index in [2.05, 4.69) is 41.1 Å². The Bertz CT molecular complexity index is 507. The molecule has 0 bridgehead atoms. The highest BCUT2D eigenvalue weighted by Gasteiger charge is 2.39. The highest BCUT2D eigenvalue weighted by molar-refractivity contribution is 5.50. The van der Waals surface area contributed by atoms with Gasteiger partial charge in [-0.25, -0.2) is 0 Å². The van der Waals surface area contributed by atoms with Crippen molar-refractivity contribution >= 4 is 6.08 Å². The minimum Gasteiger partial charge on any atom is -0.497 e. The highest BCUT2D eigenvalue weighted by Crippen LogP contribution is 2.38. The van der Waals surface area contributed by atoms with E-state index in [-0.39, 0.29) is 0 Å².